The summed E-state index contributed by atoms with van der Waals surface area (Å²) in [6.07, 6.45) is 0. The summed E-state index contributed by atoms with van der Waals surface area (Å²) >= 11 is 1.75. The molecule has 4 nitrogen and oxygen atoms in total. The van der Waals surface area contributed by atoms with Crippen molar-refractivity contribution < 1.29 is 4.79 Å². The summed E-state index contributed by atoms with van der Waals surface area (Å²) in [6, 6.07) is 10.0. The predicted molar refractivity (Wildman–Crippen MR) is 100 cm³/mol. The molecule has 128 valence electrons. The largest absolute Gasteiger partial charge is 0.324 e. The number of rotatable bonds is 5. The number of carbonyl (C=O) groups is 1. The molecule has 2 aromatic rings. The Balaban J connectivity index is 1.50. The lowest BCUT2D eigenvalue weighted by atomic mass is 10.1. The first-order chi connectivity index (χ1) is 11.6. The maximum absolute atomic E-state index is 12.5. The standard InChI is InChI=1S/C19H25N3OS/c1-15-5-3-4-6-18(15)20-19(23)16(2)22-10-8-21(9-11-22)13-17-7-12-24-14-17/h3-7,12,14,16H,8-11,13H2,1-2H3,(H,20,23). The number of piperazine rings is 1. The van der Waals surface area contributed by atoms with Gasteiger partial charge in [0.2, 0.25) is 5.91 Å². The molecule has 1 fully saturated rings. The summed E-state index contributed by atoms with van der Waals surface area (Å²) in [6.45, 7) is 8.93. The Bertz CT molecular complexity index is 663. The molecule has 3 rings (SSSR count). The molecule has 24 heavy (non-hydrogen) atoms. The van der Waals surface area contributed by atoms with E-state index in [1.54, 1.807) is 11.3 Å². The van der Waals surface area contributed by atoms with Crippen molar-refractivity contribution in [3.63, 3.8) is 0 Å². The average molecular weight is 343 g/mol. The summed E-state index contributed by atoms with van der Waals surface area (Å²) < 4.78 is 0. The zero-order chi connectivity index (χ0) is 16.9. The molecular weight excluding hydrogens is 318 g/mol. The number of hydrogen-bond donors (Lipinski definition) is 1. The fraction of sp³-hybridized carbons (Fsp3) is 0.421. The Morgan fingerprint density at radius 1 is 1.21 bits per heavy atom. The van der Waals surface area contributed by atoms with Crippen molar-refractivity contribution in [2.75, 3.05) is 31.5 Å². The van der Waals surface area contributed by atoms with Gasteiger partial charge in [-0.1, -0.05) is 18.2 Å². The van der Waals surface area contributed by atoms with Gasteiger partial charge in [-0.2, -0.15) is 11.3 Å². The van der Waals surface area contributed by atoms with Gasteiger partial charge in [0.05, 0.1) is 6.04 Å². The molecule has 0 spiro atoms. The predicted octanol–water partition coefficient (Wildman–Crippen LogP) is 3.20. The van der Waals surface area contributed by atoms with Crippen LogP contribution in [-0.4, -0.2) is 47.9 Å². The molecule has 0 aliphatic carbocycles. The number of thiophene rings is 1. The highest BCUT2D eigenvalue weighted by Crippen LogP contribution is 2.16. The summed E-state index contributed by atoms with van der Waals surface area (Å²) in [5.74, 6) is 0.0792. The van der Waals surface area contributed by atoms with Crippen molar-refractivity contribution in [1.29, 1.82) is 0 Å². The van der Waals surface area contributed by atoms with Crippen LogP contribution in [-0.2, 0) is 11.3 Å². The van der Waals surface area contributed by atoms with E-state index in [0.29, 0.717) is 0 Å². The average Bonchev–Trinajstić information content (AvgIpc) is 3.10. The van der Waals surface area contributed by atoms with Crippen LogP contribution in [0.15, 0.2) is 41.1 Å². The molecule has 1 aliphatic heterocycles. The number of nitrogens with one attached hydrogen (secondary N) is 1. The highest BCUT2D eigenvalue weighted by atomic mass is 32.1. The third-order valence-corrected chi connectivity index (χ3v) is 5.46. The third-order valence-electron chi connectivity index (χ3n) is 4.72. The number of hydrogen-bond acceptors (Lipinski definition) is 4. The molecule has 0 bridgehead atoms. The van der Waals surface area contributed by atoms with Crippen LogP contribution in [0.25, 0.3) is 0 Å². The van der Waals surface area contributed by atoms with E-state index >= 15 is 0 Å². The van der Waals surface area contributed by atoms with Crippen molar-refractivity contribution in [3.05, 3.63) is 52.2 Å². The van der Waals surface area contributed by atoms with Gasteiger partial charge in [-0.3, -0.25) is 14.6 Å². The van der Waals surface area contributed by atoms with E-state index in [-0.39, 0.29) is 11.9 Å². The topological polar surface area (TPSA) is 35.6 Å². The lowest BCUT2D eigenvalue weighted by molar-refractivity contribution is -0.121. The minimum atomic E-state index is -0.104. The van der Waals surface area contributed by atoms with Crippen molar-refractivity contribution in [2.45, 2.75) is 26.4 Å². The minimum Gasteiger partial charge on any atom is -0.324 e. The minimum absolute atomic E-state index is 0.0792. The molecule has 1 N–H and O–H groups in total. The zero-order valence-electron chi connectivity index (χ0n) is 14.4. The molecule has 1 aromatic carbocycles. The summed E-state index contributed by atoms with van der Waals surface area (Å²) in [4.78, 5) is 17.3. The fourth-order valence-corrected chi connectivity index (χ4v) is 3.73. The first-order valence-corrected chi connectivity index (χ1v) is 9.42. The number of anilines is 1. The van der Waals surface area contributed by atoms with Crippen molar-refractivity contribution in [1.82, 2.24) is 9.80 Å². The van der Waals surface area contributed by atoms with Gasteiger partial charge in [0, 0.05) is 38.4 Å². The number of carbonyl (C=O) groups excluding carboxylic acids is 1. The normalized spacial score (nSPS) is 17.6. The van der Waals surface area contributed by atoms with E-state index in [4.69, 9.17) is 0 Å². The Morgan fingerprint density at radius 2 is 1.96 bits per heavy atom. The SMILES string of the molecule is Cc1ccccc1NC(=O)C(C)N1CCN(Cc2ccsc2)CC1. The number of benzene rings is 1. The highest BCUT2D eigenvalue weighted by Gasteiger charge is 2.25. The van der Waals surface area contributed by atoms with E-state index in [0.717, 1.165) is 44.0 Å². The van der Waals surface area contributed by atoms with Gasteiger partial charge in [0.1, 0.15) is 0 Å². The van der Waals surface area contributed by atoms with Gasteiger partial charge >= 0.3 is 0 Å². The first kappa shape index (κ1) is 17.1. The van der Waals surface area contributed by atoms with E-state index in [9.17, 15) is 4.79 Å². The second-order valence-corrected chi connectivity index (χ2v) is 7.20. The number of para-hydroxylation sites is 1. The van der Waals surface area contributed by atoms with Crippen LogP contribution in [0.1, 0.15) is 18.1 Å². The van der Waals surface area contributed by atoms with Crippen LogP contribution in [0.4, 0.5) is 5.69 Å². The van der Waals surface area contributed by atoms with Crippen LogP contribution in [0.5, 0.6) is 0 Å². The van der Waals surface area contributed by atoms with Crippen molar-refractivity contribution in [3.8, 4) is 0 Å². The van der Waals surface area contributed by atoms with Gasteiger partial charge in [0.15, 0.2) is 0 Å². The molecule has 1 aromatic heterocycles. The van der Waals surface area contributed by atoms with E-state index in [1.165, 1.54) is 5.56 Å². The number of amides is 1. The number of aryl methyl sites for hydroxylation is 1. The lowest BCUT2D eigenvalue weighted by Gasteiger charge is -2.37. The molecule has 0 radical (unpaired) electrons. The molecule has 1 unspecified atom stereocenters. The Labute approximate surface area is 148 Å². The molecule has 1 amide bonds. The van der Waals surface area contributed by atoms with Crippen LogP contribution in [0.3, 0.4) is 0 Å². The lowest BCUT2D eigenvalue weighted by Crippen LogP contribution is -2.52. The highest BCUT2D eigenvalue weighted by molar-refractivity contribution is 7.07. The molecule has 5 heteroatoms. The Morgan fingerprint density at radius 3 is 2.62 bits per heavy atom. The second-order valence-electron chi connectivity index (χ2n) is 6.42. The van der Waals surface area contributed by atoms with Gasteiger partial charge in [-0.05, 0) is 47.9 Å². The second kappa shape index (κ2) is 7.92. The van der Waals surface area contributed by atoms with E-state index < -0.39 is 0 Å². The Hall–Kier alpha value is -1.69. The first-order valence-electron chi connectivity index (χ1n) is 8.47. The summed E-state index contributed by atoms with van der Waals surface area (Å²) in [5.41, 5.74) is 3.39. The maximum Gasteiger partial charge on any atom is 0.241 e. The fourth-order valence-electron chi connectivity index (χ4n) is 3.07. The molecule has 2 heterocycles. The molecule has 1 aliphatic rings. The van der Waals surface area contributed by atoms with Gasteiger partial charge in [-0.25, -0.2) is 0 Å². The van der Waals surface area contributed by atoms with Gasteiger partial charge in [-0.15, -0.1) is 0 Å². The monoisotopic (exact) mass is 343 g/mol. The van der Waals surface area contributed by atoms with Crippen LogP contribution < -0.4 is 5.32 Å². The van der Waals surface area contributed by atoms with Crippen LogP contribution in [0, 0.1) is 6.92 Å². The van der Waals surface area contributed by atoms with Crippen LogP contribution >= 0.6 is 11.3 Å². The summed E-state index contributed by atoms with van der Waals surface area (Å²) in [7, 11) is 0. The maximum atomic E-state index is 12.5. The molecular formula is C19H25N3OS. The van der Waals surface area contributed by atoms with Crippen LogP contribution in [0.2, 0.25) is 0 Å². The van der Waals surface area contributed by atoms with Gasteiger partial charge < -0.3 is 5.32 Å². The summed E-state index contributed by atoms with van der Waals surface area (Å²) in [5, 5.41) is 7.40. The third kappa shape index (κ3) is 4.23. The van der Waals surface area contributed by atoms with E-state index in [1.807, 2.05) is 38.1 Å². The zero-order valence-corrected chi connectivity index (χ0v) is 15.2. The quantitative estimate of drug-likeness (QED) is 0.905. The smallest absolute Gasteiger partial charge is 0.241 e. The van der Waals surface area contributed by atoms with Gasteiger partial charge in [0.25, 0.3) is 0 Å². The van der Waals surface area contributed by atoms with Crippen molar-refractivity contribution in [2.24, 2.45) is 0 Å². The molecule has 1 saturated heterocycles. The molecule has 1 atom stereocenters. The molecule has 0 saturated carbocycles. The van der Waals surface area contributed by atoms with E-state index in [2.05, 4.69) is 31.9 Å². The van der Waals surface area contributed by atoms with Crippen molar-refractivity contribution >= 4 is 22.9 Å². The number of nitrogens with zero attached hydrogens (tertiary/aromatic N) is 2. The Kier molecular flexibility index (Phi) is 5.66.